The number of nitrogens with one attached hydrogen (secondary N) is 2. The molecule has 156 valence electrons. The fourth-order valence-electron chi connectivity index (χ4n) is 2.44. The largest absolute Gasteiger partial charge is 0.497 e. The minimum absolute atomic E-state index is 0.0347. The van der Waals surface area contributed by atoms with Gasteiger partial charge in [-0.3, -0.25) is 4.79 Å². The highest BCUT2D eigenvalue weighted by Gasteiger charge is 2.08. The number of amides is 1. The van der Waals surface area contributed by atoms with Gasteiger partial charge in [0.25, 0.3) is 0 Å². The molecule has 2 rings (SSSR count). The monoisotopic (exact) mass is 404 g/mol. The number of guanidine groups is 1. The molecule has 8 heteroatoms. The third-order valence-corrected chi connectivity index (χ3v) is 4.19. The molecule has 0 fully saturated rings. The van der Waals surface area contributed by atoms with Gasteiger partial charge in [-0.1, -0.05) is 12.1 Å². The van der Waals surface area contributed by atoms with Gasteiger partial charge in [-0.15, -0.1) is 0 Å². The van der Waals surface area contributed by atoms with Crippen molar-refractivity contribution < 1.29 is 18.3 Å². The van der Waals surface area contributed by atoms with E-state index in [9.17, 15) is 13.6 Å². The Labute approximate surface area is 169 Å². The molecule has 2 aromatic rings. The van der Waals surface area contributed by atoms with Gasteiger partial charge in [0.1, 0.15) is 17.4 Å². The molecule has 0 aliphatic rings. The Morgan fingerprint density at radius 1 is 1.10 bits per heavy atom. The lowest BCUT2D eigenvalue weighted by Crippen LogP contribution is -2.43. The van der Waals surface area contributed by atoms with Gasteiger partial charge in [-0.25, -0.2) is 13.8 Å². The van der Waals surface area contributed by atoms with E-state index in [2.05, 4.69) is 15.6 Å². The summed E-state index contributed by atoms with van der Waals surface area (Å²) in [6.45, 7) is 0.518. The Morgan fingerprint density at radius 2 is 1.83 bits per heavy atom. The van der Waals surface area contributed by atoms with E-state index in [1.165, 1.54) is 4.90 Å². The van der Waals surface area contributed by atoms with Crippen molar-refractivity contribution in [1.82, 2.24) is 15.5 Å². The summed E-state index contributed by atoms with van der Waals surface area (Å²) in [7, 11) is 4.92. The summed E-state index contributed by atoms with van der Waals surface area (Å²) in [6.07, 6.45) is 0.709. The minimum atomic E-state index is -0.530. The molecule has 0 spiro atoms. The summed E-state index contributed by atoms with van der Waals surface area (Å²) >= 11 is 0. The minimum Gasteiger partial charge on any atom is -0.497 e. The first-order valence-electron chi connectivity index (χ1n) is 9.18. The van der Waals surface area contributed by atoms with E-state index >= 15 is 0 Å². The maximum atomic E-state index is 13.8. The standard InChI is InChI=1S/C21H26F2N4O2/c1-27(2)20(28)14-26-21(25-13-16-12-17(22)6-9-19(16)23)24-11-10-15-4-7-18(29-3)8-5-15/h4-9,12H,10-11,13-14H2,1-3H3,(H2,24,25,26). The normalized spacial score (nSPS) is 11.1. The Kier molecular flexibility index (Phi) is 8.39. The SMILES string of the molecule is COc1ccc(CCNC(=NCc2cc(F)ccc2F)NCC(=O)N(C)C)cc1. The molecule has 0 aliphatic heterocycles. The number of carbonyl (C=O) groups excluding carboxylic acids is 1. The second-order valence-corrected chi connectivity index (χ2v) is 6.57. The molecule has 0 atom stereocenters. The number of benzene rings is 2. The van der Waals surface area contributed by atoms with Crippen LogP contribution in [-0.4, -0.2) is 51.1 Å². The Balaban J connectivity index is 2.00. The number of methoxy groups -OCH3 is 1. The second-order valence-electron chi connectivity index (χ2n) is 6.57. The first kappa shape index (κ1) is 22.1. The lowest BCUT2D eigenvalue weighted by atomic mass is 10.1. The van der Waals surface area contributed by atoms with Crippen molar-refractivity contribution in [2.24, 2.45) is 4.99 Å². The molecule has 1 amide bonds. The molecule has 0 bridgehead atoms. The van der Waals surface area contributed by atoms with E-state index in [-0.39, 0.29) is 24.6 Å². The summed E-state index contributed by atoms with van der Waals surface area (Å²) in [4.78, 5) is 17.6. The van der Waals surface area contributed by atoms with Crippen LogP contribution in [0.25, 0.3) is 0 Å². The fraction of sp³-hybridized carbons (Fsp3) is 0.333. The van der Waals surface area contributed by atoms with Gasteiger partial charge in [0.15, 0.2) is 5.96 Å². The Hall–Kier alpha value is -3.16. The molecule has 0 radical (unpaired) electrons. The van der Waals surface area contributed by atoms with Crippen molar-refractivity contribution in [2.45, 2.75) is 13.0 Å². The van der Waals surface area contributed by atoms with Gasteiger partial charge in [-0.2, -0.15) is 0 Å². The van der Waals surface area contributed by atoms with Crippen molar-refractivity contribution in [3.8, 4) is 5.75 Å². The molecule has 6 nitrogen and oxygen atoms in total. The highest BCUT2D eigenvalue weighted by molar-refractivity contribution is 5.86. The molecule has 0 aromatic heterocycles. The summed E-state index contributed by atoms with van der Waals surface area (Å²) in [5.74, 6) is -0.0626. The highest BCUT2D eigenvalue weighted by atomic mass is 19.1. The summed E-state index contributed by atoms with van der Waals surface area (Å²) in [6, 6.07) is 10.9. The van der Waals surface area contributed by atoms with Gasteiger partial charge in [0.05, 0.1) is 20.2 Å². The molecule has 2 N–H and O–H groups in total. The van der Waals surface area contributed by atoms with E-state index in [0.29, 0.717) is 18.9 Å². The Bertz CT molecular complexity index is 839. The van der Waals surface area contributed by atoms with Crippen LogP contribution in [0.3, 0.4) is 0 Å². The molecule has 0 aliphatic carbocycles. The number of ether oxygens (including phenoxy) is 1. The third kappa shape index (κ3) is 7.40. The first-order valence-corrected chi connectivity index (χ1v) is 9.18. The van der Waals surface area contributed by atoms with E-state index in [1.54, 1.807) is 21.2 Å². The smallest absolute Gasteiger partial charge is 0.241 e. The maximum absolute atomic E-state index is 13.8. The molecule has 2 aromatic carbocycles. The van der Waals surface area contributed by atoms with Crippen LogP contribution < -0.4 is 15.4 Å². The van der Waals surface area contributed by atoms with E-state index in [1.807, 2.05) is 24.3 Å². The zero-order valence-electron chi connectivity index (χ0n) is 16.8. The quantitative estimate of drug-likeness (QED) is 0.524. The molecule has 29 heavy (non-hydrogen) atoms. The average Bonchev–Trinajstić information content (AvgIpc) is 2.72. The maximum Gasteiger partial charge on any atom is 0.241 e. The van der Waals surface area contributed by atoms with Crippen molar-refractivity contribution in [3.05, 3.63) is 65.2 Å². The van der Waals surface area contributed by atoms with Crippen LogP contribution in [-0.2, 0) is 17.8 Å². The summed E-state index contributed by atoms with van der Waals surface area (Å²) in [5, 5.41) is 6.04. The Morgan fingerprint density at radius 3 is 2.48 bits per heavy atom. The van der Waals surface area contributed by atoms with Crippen molar-refractivity contribution in [2.75, 3.05) is 34.3 Å². The zero-order chi connectivity index (χ0) is 21.2. The van der Waals surface area contributed by atoms with Gasteiger partial charge >= 0.3 is 0 Å². The zero-order valence-corrected chi connectivity index (χ0v) is 16.8. The van der Waals surface area contributed by atoms with Crippen LogP contribution in [0.4, 0.5) is 8.78 Å². The fourth-order valence-corrected chi connectivity index (χ4v) is 2.44. The van der Waals surface area contributed by atoms with Crippen LogP contribution in [0, 0.1) is 11.6 Å². The number of nitrogens with zero attached hydrogens (tertiary/aromatic N) is 2. The van der Waals surface area contributed by atoms with Crippen LogP contribution in [0.15, 0.2) is 47.5 Å². The predicted molar refractivity (Wildman–Crippen MR) is 109 cm³/mol. The van der Waals surface area contributed by atoms with Crippen LogP contribution in [0.1, 0.15) is 11.1 Å². The summed E-state index contributed by atoms with van der Waals surface area (Å²) < 4.78 is 32.3. The number of rotatable bonds is 8. The number of hydrogen-bond donors (Lipinski definition) is 2. The first-order chi connectivity index (χ1) is 13.9. The molecular formula is C21H26F2N4O2. The van der Waals surface area contributed by atoms with Gasteiger partial charge in [-0.05, 0) is 42.3 Å². The molecule has 0 saturated carbocycles. The van der Waals surface area contributed by atoms with E-state index < -0.39 is 11.6 Å². The van der Waals surface area contributed by atoms with Crippen molar-refractivity contribution in [3.63, 3.8) is 0 Å². The molecule has 0 saturated heterocycles. The van der Waals surface area contributed by atoms with Crippen LogP contribution in [0.5, 0.6) is 5.75 Å². The number of halogens is 2. The van der Waals surface area contributed by atoms with Crippen LogP contribution >= 0.6 is 0 Å². The molecule has 0 unspecified atom stereocenters. The molecule has 0 heterocycles. The lowest BCUT2D eigenvalue weighted by molar-refractivity contribution is -0.127. The topological polar surface area (TPSA) is 66.0 Å². The number of aliphatic imine (C=N–C) groups is 1. The average molecular weight is 404 g/mol. The predicted octanol–water partition coefficient (Wildman–Crippen LogP) is 2.34. The van der Waals surface area contributed by atoms with Crippen molar-refractivity contribution >= 4 is 11.9 Å². The summed E-state index contributed by atoms with van der Waals surface area (Å²) in [5.41, 5.74) is 1.23. The number of carbonyl (C=O) groups is 1. The second kappa shape index (κ2) is 11.0. The number of likely N-dealkylation sites (N-methyl/N-ethyl adjacent to an activating group) is 1. The van der Waals surface area contributed by atoms with E-state index in [0.717, 1.165) is 29.5 Å². The van der Waals surface area contributed by atoms with Gasteiger partial charge in [0.2, 0.25) is 5.91 Å². The number of hydrogen-bond acceptors (Lipinski definition) is 3. The van der Waals surface area contributed by atoms with Crippen molar-refractivity contribution in [1.29, 1.82) is 0 Å². The van der Waals surface area contributed by atoms with Gasteiger partial charge in [0, 0.05) is 26.2 Å². The van der Waals surface area contributed by atoms with E-state index in [4.69, 9.17) is 4.74 Å². The lowest BCUT2D eigenvalue weighted by Gasteiger charge is -2.15. The van der Waals surface area contributed by atoms with Gasteiger partial charge < -0.3 is 20.3 Å². The molecular weight excluding hydrogens is 378 g/mol. The van der Waals surface area contributed by atoms with Crippen LogP contribution in [0.2, 0.25) is 0 Å². The highest BCUT2D eigenvalue weighted by Crippen LogP contribution is 2.12. The third-order valence-electron chi connectivity index (χ3n) is 4.19.